The van der Waals surface area contributed by atoms with E-state index in [1.165, 1.54) is 12.1 Å². The van der Waals surface area contributed by atoms with Gasteiger partial charge in [-0.1, -0.05) is 13.0 Å². The second-order valence-corrected chi connectivity index (χ2v) is 3.59. The number of halogens is 3. The van der Waals surface area contributed by atoms with Gasteiger partial charge < -0.3 is 4.90 Å². The number of rotatable bonds is 2. The van der Waals surface area contributed by atoms with Gasteiger partial charge in [0.1, 0.15) is 0 Å². The van der Waals surface area contributed by atoms with Crippen LogP contribution in [0.15, 0.2) is 18.2 Å². The number of alkyl halides is 3. The number of nitrogens with zero attached hydrogens (tertiary/aromatic N) is 1. The van der Waals surface area contributed by atoms with Crippen molar-refractivity contribution in [3.05, 3.63) is 29.3 Å². The minimum Gasteiger partial charge on any atom is -0.378 e. The molecule has 0 aliphatic heterocycles. The molecule has 0 saturated carbocycles. The summed E-state index contributed by atoms with van der Waals surface area (Å²) < 4.78 is 38.0. The highest BCUT2D eigenvalue weighted by atomic mass is 19.4. The van der Waals surface area contributed by atoms with E-state index < -0.39 is 11.7 Å². The van der Waals surface area contributed by atoms with Gasteiger partial charge in [0.05, 0.1) is 5.56 Å². The van der Waals surface area contributed by atoms with Crippen molar-refractivity contribution in [2.75, 3.05) is 19.0 Å². The van der Waals surface area contributed by atoms with Crippen molar-refractivity contribution < 1.29 is 13.2 Å². The van der Waals surface area contributed by atoms with Crippen LogP contribution in [0.3, 0.4) is 0 Å². The van der Waals surface area contributed by atoms with Crippen molar-refractivity contribution in [3.63, 3.8) is 0 Å². The minimum atomic E-state index is -4.27. The molecule has 0 heterocycles. The van der Waals surface area contributed by atoms with Crippen LogP contribution < -0.4 is 4.90 Å². The number of anilines is 1. The molecule has 4 heteroatoms. The van der Waals surface area contributed by atoms with Gasteiger partial charge in [-0.05, 0) is 24.1 Å². The van der Waals surface area contributed by atoms with Gasteiger partial charge in [-0.25, -0.2) is 0 Å². The summed E-state index contributed by atoms with van der Waals surface area (Å²) in [5.41, 5.74) is 0.379. The Morgan fingerprint density at radius 2 is 1.80 bits per heavy atom. The lowest BCUT2D eigenvalue weighted by Gasteiger charge is -2.17. The first-order valence-electron chi connectivity index (χ1n) is 4.73. The van der Waals surface area contributed by atoms with Gasteiger partial charge in [-0.3, -0.25) is 0 Å². The van der Waals surface area contributed by atoms with E-state index in [0.29, 0.717) is 17.7 Å². The Bertz CT molecular complexity index is 342. The van der Waals surface area contributed by atoms with Crippen molar-refractivity contribution in [1.82, 2.24) is 0 Å². The van der Waals surface area contributed by atoms with Gasteiger partial charge in [0.25, 0.3) is 0 Å². The molecule has 1 rings (SSSR count). The standard InChI is InChI=1S/C11H14F3N/c1-4-8-5-6-9(15(2)3)7-10(8)11(12,13)14/h5-7H,4H2,1-3H3. The fraction of sp³-hybridized carbons (Fsp3) is 0.455. The summed E-state index contributed by atoms with van der Waals surface area (Å²) in [5.74, 6) is 0. The largest absolute Gasteiger partial charge is 0.416 e. The van der Waals surface area contributed by atoms with E-state index in [0.717, 1.165) is 0 Å². The molecule has 0 N–H and O–H groups in total. The van der Waals surface area contributed by atoms with Crippen molar-refractivity contribution >= 4 is 5.69 Å². The molecule has 0 spiro atoms. The normalized spacial score (nSPS) is 11.6. The third kappa shape index (κ3) is 2.64. The fourth-order valence-electron chi connectivity index (χ4n) is 1.41. The van der Waals surface area contributed by atoms with Crippen LogP contribution in [0.4, 0.5) is 18.9 Å². The predicted octanol–water partition coefficient (Wildman–Crippen LogP) is 3.33. The number of hydrogen-bond acceptors (Lipinski definition) is 1. The quantitative estimate of drug-likeness (QED) is 0.734. The molecule has 1 aromatic rings. The predicted molar refractivity (Wildman–Crippen MR) is 55.1 cm³/mol. The molecule has 0 aliphatic carbocycles. The molecule has 0 amide bonds. The molecule has 1 nitrogen and oxygen atoms in total. The first kappa shape index (κ1) is 11.9. The second-order valence-electron chi connectivity index (χ2n) is 3.59. The smallest absolute Gasteiger partial charge is 0.378 e. The Morgan fingerprint density at radius 1 is 1.20 bits per heavy atom. The molecular weight excluding hydrogens is 203 g/mol. The lowest BCUT2D eigenvalue weighted by atomic mass is 10.0. The highest BCUT2D eigenvalue weighted by Crippen LogP contribution is 2.34. The zero-order valence-corrected chi connectivity index (χ0v) is 9.02. The molecular formula is C11H14F3N. The van der Waals surface area contributed by atoms with E-state index in [9.17, 15) is 13.2 Å². The summed E-state index contributed by atoms with van der Waals surface area (Å²) in [7, 11) is 3.45. The van der Waals surface area contributed by atoms with Crippen LogP contribution in [-0.4, -0.2) is 14.1 Å². The average Bonchev–Trinajstić information content (AvgIpc) is 2.15. The molecule has 0 fully saturated rings. The second kappa shape index (κ2) is 4.13. The van der Waals surface area contributed by atoms with Crippen LogP contribution in [-0.2, 0) is 12.6 Å². The molecule has 0 aliphatic rings. The molecule has 0 aromatic heterocycles. The van der Waals surface area contributed by atoms with Gasteiger partial charge in [-0.15, -0.1) is 0 Å². The summed E-state index contributed by atoms with van der Waals surface area (Å²) in [5, 5.41) is 0. The summed E-state index contributed by atoms with van der Waals surface area (Å²) in [6.07, 6.45) is -3.88. The summed E-state index contributed by atoms with van der Waals surface area (Å²) in [6.45, 7) is 1.72. The van der Waals surface area contributed by atoms with E-state index in [-0.39, 0.29) is 0 Å². The third-order valence-corrected chi connectivity index (χ3v) is 2.30. The highest BCUT2D eigenvalue weighted by molar-refractivity contribution is 5.50. The third-order valence-electron chi connectivity index (χ3n) is 2.30. The number of hydrogen-bond donors (Lipinski definition) is 0. The maximum Gasteiger partial charge on any atom is 0.416 e. The van der Waals surface area contributed by atoms with Gasteiger partial charge in [0, 0.05) is 19.8 Å². The average molecular weight is 217 g/mol. The number of benzene rings is 1. The summed E-state index contributed by atoms with van der Waals surface area (Å²) >= 11 is 0. The van der Waals surface area contributed by atoms with Crippen molar-refractivity contribution in [2.24, 2.45) is 0 Å². The highest BCUT2D eigenvalue weighted by Gasteiger charge is 2.33. The molecule has 0 radical (unpaired) electrons. The SMILES string of the molecule is CCc1ccc(N(C)C)cc1C(F)(F)F. The van der Waals surface area contributed by atoms with E-state index in [1.807, 2.05) is 0 Å². The van der Waals surface area contributed by atoms with Gasteiger partial charge in [-0.2, -0.15) is 13.2 Å². The van der Waals surface area contributed by atoms with Crippen LogP contribution in [0.2, 0.25) is 0 Å². The number of aryl methyl sites for hydroxylation is 1. The maximum absolute atomic E-state index is 12.7. The Hall–Kier alpha value is -1.19. The molecule has 0 atom stereocenters. The van der Waals surface area contributed by atoms with Crippen LogP contribution in [0.25, 0.3) is 0 Å². The van der Waals surface area contributed by atoms with E-state index >= 15 is 0 Å². The zero-order chi connectivity index (χ0) is 11.6. The first-order valence-corrected chi connectivity index (χ1v) is 4.73. The molecule has 84 valence electrons. The maximum atomic E-state index is 12.7. The zero-order valence-electron chi connectivity index (χ0n) is 9.02. The van der Waals surface area contributed by atoms with Crippen molar-refractivity contribution in [1.29, 1.82) is 0 Å². The van der Waals surface area contributed by atoms with Crippen LogP contribution in [0.5, 0.6) is 0 Å². The molecule has 0 bridgehead atoms. The monoisotopic (exact) mass is 217 g/mol. The van der Waals surface area contributed by atoms with Crippen molar-refractivity contribution in [3.8, 4) is 0 Å². The fourth-order valence-corrected chi connectivity index (χ4v) is 1.41. The first-order chi connectivity index (χ1) is 6.86. The Labute approximate surface area is 87.5 Å². The minimum absolute atomic E-state index is 0.341. The van der Waals surface area contributed by atoms with Crippen molar-refractivity contribution in [2.45, 2.75) is 19.5 Å². The van der Waals surface area contributed by atoms with Crippen LogP contribution in [0, 0.1) is 0 Å². The molecule has 15 heavy (non-hydrogen) atoms. The summed E-state index contributed by atoms with van der Waals surface area (Å²) in [4.78, 5) is 1.66. The summed E-state index contributed by atoms with van der Waals surface area (Å²) in [6, 6.07) is 4.44. The molecule has 0 saturated heterocycles. The van der Waals surface area contributed by atoms with Gasteiger partial charge >= 0.3 is 6.18 Å². The molecule has 1 aromatic carbocycles. The Kier molecular flexibility index (Phi) is 3.27. The van der Waals surface area contributed by atoms with E-state index in [4.69, 9.17) is 0 Å². The van der Waals surface area contributed by atoms with Gasteiger partial charge in [0.2, 0.25) is 0 Å². The van der Waals surface area contributed by atoms with Gasteiger partial charge in [0.15, 0.2) is 0 Å². The lowest BCUT2D eigenvalue weighted by molar-refractivity contribution is -0.138. The lowest BCUT2D eigenvalue weighted by Crippen LogP contribution is -2.13. The molecule has 0 unspecified atom stereocenters. The van der Waals surface area contributed by atoms with E-state index in [2.05, 4.69) is 0 Å². The Morgan fingerprint density at radius 3 is 2.20 bits per heavy atom. The topological polar surface area (TPSA) is 3.24 Å². The Balaban J connectivity index is 3.26. The van der Waals surface area contributed by atoms with Crippen LogP contribution >= 0.6 is 0 Å². The van der Waals surface area contributed by atoms with Crippen LogP contribution in [0.1, 0.15) is 18.1 Å². The van der Waals surface area contributed by atoms with E-state index in [1.54, 1.807) is 32.0 Å².